The van der Waals surface area contributed by atoms with Crippen LogP contribution < -0.4 is 4.74 Å². The van der Waals surface area contributed by atoms with Gasteiger partial charge in [0.2, 0.25) is 0 Å². The Morgan fingerprint density at radius 3 is 2.82 bits per heavy atom. The van der Waals surface area contributed by atoms with Crippen molar-refractivity contribution in [2.24, 2.45) is 0 Å². The average Bonchev–Trinajstić information content (AvgIpc) is 2.34. The lowest BCUT2D eigenvalue weighted by molar-refractivity contribution is -0.386. The highest BCUT2D eigenvalue weighted by atomic mass is 19.1. The highest BCUT2D eigenvalue weighted by molar-refractivity contribution is 5.54. The molecule has 0 heterocycles. The molecule has 0 saturated heterocycles. The average molecular weight is 240 g/mol. The van der Waals surface area contributed by atoms with Crippen molar-refractivity contribution in [3.8, 4) is 5.75 Å². The van der Waals surface area contributed by atoms with Gasteiger partial charge in [-0.1, -0.05) is 19.1 Å². The first-order valence-corrected chi connectivity index (χ1v) is 5.41. The molecule has 1 unspecified atom stereocenters. The third-order valence-corrected chi connectivity index (χ3v) is 2.30. The zero-order valence-electron chi connectivity index (χ0n) is 9.69. The van der Waals surface area contributed by atoms with E-state index in [1.807, 2.05) is 6.92 Å². The maximum Gasteiger partial charge on any atom is 0.314 e. The molecule has 0 saturated carbocycles. The Morgan fingerprint density at radius 2 is 2.29 bits per heavy atom. The molecule has 1 aromatic carbocycles. The predicted octanol–water partition coefficient (Wildman–Crippen LogP) is 3.27. The molecule has 0 aromatic heterocycles. The lowest BCUT2D eigenvalue weighted by Crippen LogP contribution is -2.05. The summed E-state index contributed by atoms with van der Waals surface area (Å²) in [7, 11) is 0. The molecule has 0 amide bonds. The van der Waals surface area contributed by atoms with Gasteiger partial charge < -0.3 is 4.74 Å². The fourth-order valence-electron chi connectivity index (χ4n) is 1.48. The van der Waals surface area contributed by atoms with Crippen molar-refractivity contribution >= 4 is 5.69 Å². The molecule has 0 spiro atoms. The van der Waals surface area contributed by atoms with Crippen molar-refractivity contribution in [1.82, 2.24) is 0 Å². The number of alkyl halides is 1. The molecule has 0 fully saturated rings. The summed E-state index contributed by atoms with van der Waals surface area (Å²) in [6.07, 6.45) is 0.748. The van der Waals surface area contributed by atoms with Crippen molar-refractivity contribution in [2.75, 3.05) is 13.3 Å². The molecular formula is C12H15FNO3. The highest BCUT2D eigenvalue weighted by Gasteiger charge is 2.24. The van der Waals surface area contributed by atoms with Gasteiger partial charge in [0.05, 0.1) is 18.2 Å². The second-order valence-electron chi connectivity index (χ2n) is 3.65. The molecule has 5 heteroatoms. The van der Waals surface area contributed by atoms with Crippen LogP contribution in [0.1, 0.15) is 24.8 Å². The monoisotopic (exact) mass is 240 g/mol. The number of nitrogens with zero attached hydrogens (tertiary/aromatic N) is 1. The number of hydrogen-bond donors (Lipinski definition) is 0. The summed E-state index contributed by atoms with van der Waals surface area (Å²) >= 11 is 0. The molecule has 1 aromatic rings. The summed E-state index contributed by atoms with van der Waals surface area (Å²) in [6, 6.07) is 4.64. The number of rotatable bonds is 6. The van der Waals surface area contributed by atoms with Gasteiger partial charge in [-0.25, -0.2) is 0 Å². The van der Waals surface area contributed by atoms with Gasteiger partial charge in [0.25, 0.3) is 0 Å². The van der Waals surface area contributed by atoms with Crippen LogP contribution in [0.2, 0.25) is 0 Å². The van der Waals surface area contributed by atoms with Crippen molar-refractivity contribution < 1.29 is 14.1 Å². The maximum atomic E-state index is 12.6. The van der Waals surface area contributed by atoms with E-state index >= 15 is 0 Å². The minimum atomic E-state index is -0.749. The molecule has 17 heavy (non-hydrogen) atoms. The van der Waals surface area contributed by atoms with Gasteiger partial charge in [0, 0.05) is 11.5 Å². The SMILES string of the molecule is [CH2]C(CF)c1cccc(OCCC)c1[N+](=O)[O-]. The Labute approximate surface area is 99.6 Å². The van der Waals surface area contributed by atoms with Crippen LogP contribution in [0.4, 0.5) is 10.1 Å². The molecule has 4 nitrogen and oxygen atoms in total. The van der Waals surface area contributed by atoms with E-state index in [4.69, 9.17) is 4.74 Å². The summed E-state index contributed by atoms with van der Waals surface area (Å²) in [5.41, 5.74) is 0.0877. The lowest BCUT2D eigenvalue weighted by atomic mass is 10.00. The molecule has 0 N–H and O–H groups in total. The summed E-state index contributed by atoms with van der Waals surface area (Å²) in [5.74, 6) is -0.572. The quantitative estimate of drug-likeness (QED) is 0.566. The summed E-state index contributed by atoms with van der Waals surface area (Å²) in [4.78, 5) is 10.5. The second kappa shape index (κ2) is 6.18. The summed E-state index contributed by atoms with van der Waals surface area (Å²) in [6.45, 7) is 5.11. The third-order valence-electron chi connectivity index (χ3n) is 2.30. The van der Waals surface area contributed by atoms with Gasteiger partial charge >= 0.3 is 5.69 Å². The van der Waals surface area contributed by atoms with E-state index in [0.717, 1.165) is 6.42 Å². The van der Waals surface area contributed by atoms with Crippen LogP contribution >= 0.6 is 0 Å². The standard InChI is InChI=1S/C12H15FNO3/c1-3-7-17-11-6-4-5-10(9(2)8-13)12(11)14(15)16/h4-6,9H,2-3,7-8H2,1H3. The Morgan fingerprint density at radius 1 is 1.59 bits per heavy atom. The van der Waals surface area contributed by atoms with E-state index in [1.165, 1.54) is 12.1 Å². The first kappa shape index (κ1) is 13.4. The topological polar surface area (TPSA) is 52.4 Å². The molecule has 0 aliphatic carbocycles. The number of ether oxygens (including phenoxy) is 1. The van der Waals surface area contributed by atoms with Gasteiger partial charge in [-0.15, -0.1) is 0 Å². The zero-order valence-corrected chi connectivity index (χ0v) is 9.69. The molecule has 1 radical (unpaired) electrons. The first-order valence-electron chi connectivity index (χ1n) is 5.41. The number of para-hydroxylation sites is 1. The van der Waals surface area contributed by atoms with Crippen LogP contribution in [0.3, 0.4) is 0 Å². The largest absolute Gasteiger partial charge is 0.487 e. The minimum Gasteiger partial charge on any atom is -0.487 e. The minimum absolute atomic E-state index is 0.177. The first-order chi connectivity index (χ1) is 8.11. The molecule has 0 aliphatic heterocycles. The fourth-order valence-corrected chi connectivity index (χ4v) is 1.48. The Kier molecular flexibility index (Phi) is 4.87. The van der Waals surface area contributed by atoms with Gasteiger partial charge in [-0.2, -0.15) is 0 Å². The van der Waals surface area contributed by atoms with Crippen LogP contribution in [0.15, 0.2) is 18.2 Å². The smallest absolute Gasteiger partial charge is 0.314 e. The summed E-state index contributed by atoms with van der Waals surface area (Å²) < 4.78 is 17.9. The van der Waals surface area contributed by atoms with Gasteiger partial charge in [0.15, 0.2) is 5.75 Å². The highest BCUT2D eigenvalue weighted by Crippen LogP contribution is 2.35. The van der Waals surface area contributed by atoms with E-state index in [2.05, 4.69) is 6.92 Å². The van der Waals surface area contributed by atoms with E-state index in [9.17, 15) is 14.5 Å². The van der Waals surface area contributed by atoms with E-state index in [1.54, 1.807) is 6.07 Å². The number of halogens is 1. The van der Waals surface area contributed by atoms with Crippen LogP contribution in [-0.2, 0) is 0 Å². The molecular weight excluding hydrogens is 225 g/mol. The normalized spacial score (nSPS) is 12.2. The Bertz CT molecular complexity index is 395. The maximum absolute atomic E-state index is 12.6. The van der Waals surface area contributed by atoms with Gasteiger partial charge in [-0.3, -0.25) is 14.5 Å². The molecule has 1 rings (SSSR count). The van der Waals surface area contributed by atoms with Crippen molar-refractivity contribution in [2.45, 2.75) is 19.3 Å². The van der Waals surface area contributed by atoms with Crippen molar-refractivity contribution in [3.63, 3.8) is 0 Å². The zero-order chi connectivity index (χ0) is 12.8. The van der Waals surface area contributed by atoms with Crippen molar-refractivity contribution in [3.05, 3.63) is 40.8 Å². The van der Waals surface area contributed by atoms with Gasteiger partial charge in [-0.05, 0) is 19.4 Å². The number of nitro groups is 1. The number of hydrogen-bond acceptors (Lipinski definition) is 3. The van der Waals surface area contributed by atoms with Crippen LogP contribution in [0.5, 0.6) is 5.75 Å². The number of nitro benzene ring substituents is 1. The Balaban J connectivity index is 3.17. The van der Waals surface area contributed by atoms with E-state index < -0.39 is 17.5 Å². The molecule has 0 bridgehead atoms. The van der Waals surface area contributed by atoms with E-state index in [0.29, 0.717) is 6.61 Å². The van der Waals surface area contributed by atoms with Gasteiger partial charge in [0.1, 0.15) is 0 Å². The predicted molar refractivity (Wildman–Crippen MR) is 63.0 cm³/mol. The van der Waals surface area contributed by atoms with E-state index in [-0.39, 0.29) is 17.0 Å². The Hall–Kier alpha value is -1.65. The van der Waals surface area contributed by atoms with Crippen LogP contribution in [0.25, 0.3) is 0 Å². The van der Waals surface area contributed by atoms with Crippen LogP contribution in [-0.4, -0.2) is 18.2 Å². The fraction of sp³-hybridized carbons (Fsp3) is 0.417. The summed E-state index contributed by atoms with van der Waals surface area (Å²) in [5, 5.41) is 11.0. The lowest BCUT2D eigenvalue weighted by Gasteiger charge is -2.11. The van der Waals surface area contributed by atoms with Crippen LogP contribution in [0, 0.1) is 17.0 Å². The molecule has 93 valence electrons. The third kappa shape index (κ3) is 3.15. The number of benzene rings is 1. The molecule has 0 aliphatic rings. The molecule has 1 atom stereocenters. The van der Waals surface area contributed by atoms with Crippen molar-refractivity contribution in [1.29, 1.82) is 0 Å². The second-order valence-corrected chi connectivity index (χ2v) is 3.65.